The van der Waals surface area contributed by atoms with Crippen molar-refractivity contribution in [3.63, 3.8) is 0 Å². The van der Waals surface area contributed by atoms with Crippen LogP contribution in [0.2, 0.25) is 0 Å². The van der Waals surface area contributed by atoms with Gasteiger partial charge in [0.25, 0.3) is 0 Å². The summed E-state index contributed by atoms with van der Waals surface area (Å²) in [6, 6.07) is 6.65. The number of nitrogens with two attached hydrogens (primary N) is 1. The molecule has 1 heterocycles. The van der Waals surface area contributed by atoms with Gasteiger partial charge in [-0.15, -0.1) is 0 Å². The third-order valence-corrected chi connectivity index (χ3v) is 3.86. The first-order valence-electron chi connectivity index (χ1n) is 5.27. The van der Waals surface area contributed by atoms with Crippen LogP contribution in [-0.2, 0) is 15.8 Å². The third kappa shape index (κ3) is 4.18. The van der Waals surface area contributed by atoms with Gasteiger partial charge in [-0.25, -0.2) is 18.4 Å². The molecule has 0 atom stereocenters. The number of benzene rings is 1. The second-order valence-corrected chi connectivity index (χ2v) is 6.36. The summed E-state index contributed by atoms with van der Waals surface area (Å²) in [5.74, 6) is 0.0315. The van der Waals surface area contributed by atoms with Crippen LogP contribution in [0.15, 0.2) is 41.3 Å². The van der Waals surface area contributed by atoms with Gasteiger partial charge in [0.05, 0.1) is 18.1 Å². The van der Waals surface area contributed by atoms with E-state index in [0.717, 1.165) is 0 Å². The van der Waals surface area contributed by atoms with Gasteiger partial charge in [0.1, 0.15) is 4.60 Å². The molecular weight excluding hydrogens is 332 g/mol. The monoisotopic (exact) mass is 342 g/mol. The molecule has 1 aromatic carbocycles. The number of anilines is 2. The Balaban J connectivity index is 2.10. The highest BCUT2D eigenvalue weighted by Gasteiger charge is 2.12. The molecule has 0 unspecified atom stereocenters. The summed E-state index contributed by atoms with van der Waals surface area (Å²) in [5, 5.41) is 0. The van der Waals surface area contributed by atoms with Crippen LogP contribution in [0.25, 0.3) is 0 Å². The molecule has 0 saturated carbocycles. The molecule has 0 radical (unpaired) electrons. The van der Waals surface area contributed by atoms with Crippen molar-refractivity contribution in [2.75, 3.05) is 10.5 Å². The maximum Gasteiger partial charge on any atom is 0.238 e. The number of rotatable bonds is 4. The van der Waals surface area contributed by atoms with Crippen molar-refractivity contribution in [3.8, 4) is 0 Å². The van der Waals surface area contributed by atoms with Crippen molar-refractivity contribution in [1.29, 1.82) is 0 Å². The predicted molar refractivity (Wildman–Crippen MR) is 76.8 cm³/mol. The second kappa shape index (κ2) is 5.54. The quantitative estimate of drug-likeness (QED) is 0.825. The number of hydrogen-bond acceptors (Lipinski definition) is 5. The first kappa shape index (κ1) is 13.8. The minimum Gasteiger partial charge on any atom is -0.399 e. The fourth-order valence-electron chi connectivity index (χ4n) is 1.39. The lowest BCUT2D eigenvalue weighted by molar-refractivity contribution is 0.600. The first-order chi connectivity index (χ1) is 8.94. The molecule has 0 bridgehead atoms. The van der Waals surface area contributed by atoms with E-state index in [2.05, 4.69) is 30.6 Å². The number of halogens is 1. The molecule has 8 heteroatoms. The van der Waals surface area contributed by atoms with Crippen LogP contribution in [0.5, 0.6) is 0 Å². The molecule has 19 heavy (non-hydrogen) atoms. The maximum atomic E-state index is 11.9. The van der Waals surface area contributed by atoms with E-state index < -0.39 is 10.0 Å². The molecule has 0 aliphatic carbocycles. The Hall–Kier alpha value is -1.67. The van der Waals surface area contributed by atoms with E-state index in [1.54, 1.807) is 24.3 Å². The van der Waals surface area contributed by atoms with E-state index in [4.69, 9.17) is 5.73 Å². The highest BCUT2D eigenvalue weighted by atomic mass is 79.9. The Labute approximate surface area is 119 Å². The van der Waals surface area contributed by atoms with Crippen LogP contribution in [0.4, 0.5) is 11.5 Å². The number of aromatic nitrogens is 2. The largest absolute Gasteiger partial charge is 0.399 e. The molecule has 2 rings (SSSR count). The maximum absolute atomic E-state index is 11.9. The van der Waals surface area contributed by atoms with Crippen LogP contribution in [0.3, 0.4) is 0 Å². The van der Waals surface area contributed by atoms with Crippen LogP contribution < -0.4 is 10.5 Å². The molecule has 0 aliphatic heterocycles. The average Bonchev–Trinajstić information content (AvgIpc) is 2.34. The lowest BCUT2D eigenvalue weighted by Crippen LogP contribution is -2.16. The minimum absolute atomic E-state index is 0.148. The molecule has 0 spiro atoms. The Bertz CT molecular complexity index is 603. The lowest BCUT2D eigenvalue weighted by Gasteiger charge is -2.07. The predicted octanol–water partition coefficient (Wildman–Crippen LogP) is 1.76. The molecule has 2 aromatic rings. The highest BCUT2D eigenvalue weighted by molar-refractivity contribution is 9.10. The SMILES string of the molecule is Nc1ccc(CS(=O)(=O)Nc2cnc(Br)cn2)cc1. The lowest BCUT2D eigenvalue weighted by atomic mass is 10.2. The fraction of sp³-hybridized carbons (Fsp3) is 0.0909. The average molecular weight is 343 g/mol. The van der Waals surface area contributed by atoms with Gasteiger partial charge in [-0.3, -0.25) is 4.72 Å². The van der Waals surface area contributed by atoms with Crippen molar-refractivity contribution >= 4 is 37.5 Å². The zero-order valence-electron chi connectivity index (χ0n) is 9.75. The summed E-state index contributed by atoms with van der Waals surface area (Å²) < 4.78 is 26.7. The first-order valence-corrected chi connectivity index (χ1v) is 7.71. The molecule has 100 valence electrons. The normalized spacial score (nSPS) is 11.2. The summed E-state index contributed by atoms with van der Waals surface area (Å²) in [7, 11) is -3.52. The van der Waals surface area contributed by atoms with Gasteiger partial charge < -0.3 is 5.73 Å². The smallest absolute Gasteiger partial charge is 0.238 e. The molecule has 1 aromatic heterocycles. The van der Waals surface area contributed by atoms with Crippen molar-refractivity contribution in [1.82, 2.24) is 9.97 Å². The van der Waals surface area contributed by atoms with E-state index >= 15 is 0 Å². The Morgan fingerprint density at radius 3 is 2.42 bits per heavy atom. The van der Waals surface area contributed by atoms with Crippen molar-refractivity contribution in [2.45, 2.75) is 5.75 Å². The van der Waals surface area contributed by atoms with Gasteiger partial charge in [-0.05, 0) is 33.6 Å². The van der Waals surface area contributed by atoms with Crippen LogP contribution >= 0.6 is 15.9 Å². The van der Waals surface area contributed by atoms with E-state index in [0.29, 0.717) is 15.9 Å². The van der Waals surface area contributed by atoms with Gasteiger partial charge in [-0.1, -0.05) is 12.1 Å². The minimum atomic E-state index is -3.52. The van der Waals surface area contributed by atoms with Crippen LogP contribution in [0, 0.1) is 0 Å². The summed E-state index contributed by atoms with van der Waals surface area (Å²) in [6.07, 6.45) is 2.76. The molecule has 0 saturated heterocycles. The number of nitrogen functional groups attached to an aromatic ring is 1. The van der Waals surface area contributed by atoms with Gasteiger partial charge in [0.15, 0.2) is 5.82 Å². The van der Waals surface area contributed by atoms with Crippen LogP contribution in [-0.4, -0.2) is 18.4 Å². The number of nitrogens with one attached hydrogen (secondary N) is 1. The Morgan fingerprint density at radius 2 is 1.84 bits per heavy atom. The number of nitrogens with zero attached hydrogens (tertiary/aromatic N) is 2. The van der Waals surface area contributed by atoms with E-state index in [9.17, 15) is 8.42 Å². The molecule has 6 nitrogen and oxygen atoms in total. The van der Waals surface area contributed by atoms with Crippen LogP contribution in [0.1, 0.15) is 5.56 Å². The molecule has 3 N–H and O–H groups in total. The van der Waals surface area contributed by atoms with Crippen molar-refractivity contribution in [3.05, 3.63) is 46.8 Å². The van der Waals surface area contributed by atoms with E-state index in [-0.39, 0.29) is 11.6 Å². The van der Waals surface area contributed by atoms with Crippen molar-refractivity contribution in [2.24, 2.45) is 0 Å². The third-order valence-electron chi connectivity index (χ3n) is 2.22. The Morgan fingerprint density at radius 1 is 1.16 bits per heavy atom. The van der Waals surface area contributed by atoms with Crippen molar-refractivity contribution < 1.29 is 8.42 Å². The summed E-state index contributed by atoms with van der Waals surface area (Å²) >= 11 is 3.12. The highest BCUT2D eigenvalue weighted by Crippen LogP contribution is 2.12. The van der Waals surface area contributed by atoms with Gasteiger partial charge in [-0.2, -0.15) is 0 Å². The summed E-state index contributed by atoms with van der Waals surface area (Å²) in [4.78, 5) is 7.79. The standard InChI is InChI=1S/C11H11BrN4O2S/c12-10-5-15-11(6-14-10)16-19(17,18)7-8-1-3-9(13)4-2-8/h1-6H,7,13H2,(H,15,16). The zero-order valence-corrected chi connectivity index (χ0v) is 12.1. The summed E-state index contributed by atoms with van der Waals surface area (Å²) in [6.45, 7) is 0. The second-order valence-electron chi connectivity index (χ2n) is 3.83. The number of sulfonamides is 1. The molecule has 0 fully saturated rings. The summed E-state index contributed by atoms with van der Waals surface area (Å²) in [5.41, 5.74) is 6.78. The number of hydrogen-bond donors (Lipinski definition) is 2. The topological polar surface area (TPSA) is 98.0 Å². The zero-order chi connectivity index (χ0) is 13.9. The van der Waals surface area contributed by atoms with Gasteiger partial charge in [0.2, 0.25) is 10.0 Å². The van der Waals surface area contributed by atoms with E-state index in [1.165, 1.54) is 12.4 Å². The van der Waals surface area contributed by atoms with E-state index in [1.807, 2.05) is 0 Å². The van der Waals surface area contributed by atoms with Gasteiger partial charge in [0, 0.05) is 5.69 Å². The molecular formula is C11H11BrN4O2S. The molecule has 0 aliphatic rings. The molecule has 0 amide bonds. The fourth-order valence-corrected chi connectivity index (χ4v) is 2.73. The Kier molecular flexibility index (Phi) is 4.01. The van der Waals surface area contributed by atoms with Gasteiger partial charge >= 0.3 is 0 Å².